The van der Waals surface area contributed by atoms with Crippen LogP contribution in [0.4, 0.5) is 11.4 Å². The van der Waals surface area contributed by atoms with Crippen molar-refractivity contribution in [3.63, 3.8) is 0 Å². The number of amides is 1. The van der Waals surface area contributed by atoms with Crippen LogP contribution in [0, 0.1) is 0 Å². The van der Waals surface area contributed by atoms with Crippen molar-refractivity contribution in [3.05, 3.63) is 77.3 Å². The zero-order chi connectivity index (χ0) is 22.6. The molecule has 6 nitrogen and oxygen atoms in total. The van der Waals surface area contributed by atoms with E-state index in [-0.39, 0.29) is 5.91 Å². The Morgan fingerprint density at radius 2 is 1.91 bits per heavy atom. The molecular formula is C26H28N4O2S. The van der Waals surface area contributed by atoms with Crippen LogP contribution in [0.1, 0.15) is 28.9 Å². The predicted molar refractivity (Wildman–Crippen MR) is 135 cm³/mol. The summed E-state index contributed by atoms with van der Waals surface area (Å²) in [4.78, 5) is 13.0. The standard InChI is InChI=1S/C26H28N4O2S/c1-30-23-12-15-33-25(23)16-24(30)26(31)29-22-5-3-2-4-18(22)17-32-21-8-6-19(7-9-21)28-20-10-13-27-14-11-20/h2-9,12,15-16,20,27-28H,10-11,13-14,17H2,1H3,(H,29,31). The van der Waals surface area contributed by atoms with Crippen LogP contribution < -0.4 is 20.7 Å². The monoisotopic (exact) mass is 460 g/mol. The van der Waals surface area contributed by atoms with Crippen LogP contribution in [-0.2, 0) is 13.7 Å². The molecule has 3 N–H and O–H groups in total. The van der Waals surface area contributed by atoms with E-state index >= 15 is 0 Å². The lowest BCUT2D eigenvalue weighted by Gasteiger charge is -2.24. The second-order valence-electron chi connectivity index (χ2n) is 8.35. The van der Waals surface area contributed by atoms with Gasteiger partial charge in [0.15, 0.2) is 0 Å². The van der Waals surface area contributed by atoms with Gasteiger partial charge in [-0.15, -0.1) is 11.3 Å². The number of nitrogens with one attached hydrogen (secondary N) is 3. The summed E-state index contributed by atoms with van der Waals surface area (Å²) in [5, 5.41) is 12.1. The highest BCUT2D eigenvalue weighted by molar-refractivity contribution is 7.17. The molecule has 0 spiro atoms. The van der Waals surface area contributed by atoms with E-state index in [4.69, 9.17) is 4.74 Å². The van der Waals surface area contributed by atoms with Crippen molar-refractivity contribution in [2.45, 2.75) is 25.5 Å². The van der Waals surface area contributed by atoms with E-state index in [9.17, 15) is 4.79 Å². The quantitative estimate of drug-likeness (QED) is 0.353. The normalized spacial score (nSPS) is 14.3. The highest BCUT2D eigenvalue weighted by atomic mass is 32.1. The summed E-state index contributed by atoms with van der Waals surface area (Å²) in [7, 11) is 1.92. The van der Waals surface area contributed by atoms with Crippen LogP contribution in [0.3, 0.4) is 0 Å². The zero-order valence-corrected chi connectivity index (χ0v) is 19.5. The molecule has 1 saturated heterocycles. The number of carbonyl (C=O) groups excluding carboxylic acids is 1. The van der Waals surface area contributed by atoms with Crippen LogP contribution in [0.5, 0.6) is 5.75 Å². The third-order valence-electron chi connectivity index (χ3n) is 6.12. The van der Waals surface area contributed by atoms with E-state index in [2.05, 4.69) is 28.1 Å². The van der Waals surface area contributed by atoms with Crippen LogP contribution in [-0.4, -0.2) is 29.6 Å². The van der Waals surface area contributed by atoms with Gasteiger partial charge in [0.2, 0.25) is 0 Å². The molecule has 33 heavy (non-hydrogen) atoms. The number of fused-ring (bicyclic) bond motifs is 1. The fourth-order valence-electron chi connectivity index (χ4n) is 4.23. The van der Waals surface area contributed by atoms with Gasteiger partial charge in [0.1, 0.15) is 18.1 Å². The Morgan fingerprint density at radius 3 is 2.70 bits per heavy atom. The Hall–Kier alpha value is -3.29. The minimum atomic E-state index is -0.123. The molecule has 0 radical (unpaired) electrons. The van der Waals surface area contributed by atoms with Gasteiger partial charge in [-0.25, -0.2) is 0 Å². The fourth-order valence-corrected chi connectivity index (χ4v) is 5.08. The van der Waals surface area contributed by atoms with Crippen LogP contribution >= 0.6 is 11.3 Å². The number of aryl methyl sites for hydroxylation is 1. The van der Waals surface area contributed by atoms with Crippen molar-refractivity contribution in [3.8, 4) is 5.75 Å². The van der Waals surface area contributed by atoms with Gasteiger partial charge in [-0.1, -0.05) is 18.2 Å². The fraction of sp³-hybridized carbons (Fsp3) is 0.269. The largest absolute Gasteiger partial charge is 0.489 e. The third kappa shape index (κ3) is 4.89. The molecule has 4 aromatic rings. The third-order valence-corrected chi connectivity index (χ3v) is 6.97. The molecule has 1 fully saturated rings. The summed E-state index contributed by atoms with van der Waals surface area (Å²) in [6, 6.07) is 20.4. The van der Waals surface area contributed by atoms with Gasteiger partial charge in [0.05, 0.1) is 10.2 Å². The number of piperidine rings is 1. The first kappa shape index (κ1) is 21.6. The number of hydrogen-bond donors (Lipinski definition) is 3. The van der Waals surface area contributed by atoms with Gasteiger partial charge in [-0.2, -0.15) is 0 Å². The first-order chi connectivity index (χ1) is 16.2. The zero-order valence-electron chi connectivity index (χ0n) is 18.6. The summed E-state index contributed by atoms with van der Waals surface area (Å²) in [5.41, 5.74) is 4.52. The Balaban J connectivity index is 1.22. The highest BCUT2D eigenvalue weighted by Gasteiger charge is 2.16. The number of ether oxygens (including phenoxy) is 1. The van der Waals surface area contributed by atoms with E-state index in [1.54, 1.807) is 11.3 Å². The molecule has 1 aliphatic rings. The second kappa shape index (κ2) is 9.68. The molecule has 2 aromatic carbocycles. The number of nitrogens with zero attached hydrogens (tertiary/aromatic N) is 1. The van der Waals surface area contributed by atoms with Crippen molar-refractivity contribution in [1.82, 2.24) is 9.88 Å². The molecule has 7 heteroatoms. The summed E-state index contributed by atoms with van der Waals surface area (Å²) < 4.78 is 9.07. The number of rotatable bonds is 7. The minimum Gasteiger partial charge on any atom is -0.489 e. The number of hydrogen-bond acceptors (Lipinski definition) is 5. The minimum absolute atomic E-state index is 0.123. The van der Waals surface area contributed by atoms with Crippen molar-refractivity contribution < 1.29 is 9.53 Å². The van der Waals surface area contributed by atoms with E-state index in [0.29, 0.717) is 18.3 Å². The molecule has 0 saturated carbocycles. The predicted octanol–water partition coefficient (Wildman–Crippen LogP) is 5.24. The first-order valence-corrected chi connectivity index (χ1v) is 12.2. The molecule has 2 aromatic heterocycles. The lowest BCUT2D eigenvalue weighted by atomic mass is 10.1. The number of benzene rings is 2. The van der Waals surface area contributed by atoms with Gasteiger partial charge in [-0.05, 0) is 73.8 Å². The van der Waals surface area contributed by atoms with Gasteiger partial charge in [0.25, 0.3) is 5.91 Å². The number of aromatic nitrogens is 1. The second-order valence-corrected chi connectivity index (χ2v) is 9.30. The maximum absolute atomic E-state index is 13.0. The molecule has 0 bridgehead atoms. The average molecular weight is 461 g/mol. The summed E-state index contributed by atoms with van der Waals surface area (Å²) in [6.45, 7) is 2.51. The molecule has 0 atom stereocenters. The summed E-state index contributed by atoms with van der Waals surface area (Å²) >= 11 is 1.64. The highest BCUT2D eigenvalue weighted by Crippen LogP contribution is 2.26. The number of anilines is 2. The lowest BCUT2D eigenvalue weighted by molar-refractivity contribution is 0.101. The van der Waals surface area contributed by atoms with Gasteiger partial charge in [-0.3, -0.25) is 4.79 Å². The Bertz CT molecular complexity index is 1240. The molecular weight excluding hydrogens is 432 g/mol. The maximum Gasteiger partial charge on any atom is 0.272 e. The van der Waals surface area contributed by atoms with Crippen molar-refractivity contribution in [1.29, 1.82) is 0 Å². The van der Waals surface area contributed by atoms with Gasteiger partial charge < -0.3 is 25.3 Å². The summed E-state index contributed by atoms with van der Waals surface area (Å²) in [6.07, 6.45) is 2.28. The van der Waals surface area contributed by atoms with Crippen molar-refractivity contribution in [2.24, 2.45) is 7.05 Å². The van der Waals surface area contributed by atoms with Crippen LogP contribution in [0.15, 0.2) is 66.0 Å². The topological polar surface area (TPSA) is 67.3 Å². The van der Waals surface area contributed by atoms with Gasteiger partial charge >= 0.3 is 0 Å². The summed E-state index contributed by atoms with van der Waals surface area (Å²) in [5.74, 6) is 0.677. The molecule has 170 valence electrons. The molecule has 1 amide bonds. The molecule has 0 aliphatic carbocycles. The smallest absolute Gasteiger partial charge is 0.272 e. The Labute approximate surface area is 197 Å². The lowest BCUT2D eigenvalue weighted by Crippen LogP contribution is -2.35. The number of para-hydroxylation sites is 1. The molecule has 5 rings (SSSR count). The molecule has 3 heterocycles. The molecule has 1 aliphatic heterocycles. The SMILES string of the molecule is Cn1c(C(=O)Nc2ccccc2COc2ccc(NC3CCNCC3)cc2)cc2sccc21. The van der Waals surface area contributed by atoms with Gasteiger partial charge in [0, 0.05) is 30.0 Å². The van der Waals surface area contributed by atoms with Crippen molar-refractivity contribution in [2.75, 3.05) is 23.7 Å². The van der Waals surface area contributed by atoms with E-state index in [1.165, 1.54) is 0 Å². The number of thiophene rings is 1. The Kier molecular flexibility index (Phi) is 6.32. The van der Waals surface area contributed by atoms with Crippen LogP contribution in [0.2, 0.25) is 0 Å². The first-order valence-electron chi connectivity index (χ1n) is 11.3. The maximum atomic E-state index is 13.0. The van der Waals surface area contributed by atoms with Crippen molar-refractivity contribution >= 4 is 38.8 Å². The van der Waals surface area contributed by atoms with E-state index in [1.807, 2.05) is 65.5 Å². The van der Waals surface area contributed by atoms with E-state index < -0.39 is 0 Å². The Morgan fingerprint density at radius 1 is 1.12 bits per heavy atom. The van der Waals surface area contributed by atoms with Crippen LogP contribution in [0.25, 0.3) is 10.2 Å². The number of carbonyl (C=O) groups is 1. The average Bonchev–Trinajstić information content (AvgIpc) is 3.43. The molecule has 0 unspecified atom stereocenters. The van der Waals surface area contributed by atoms with E-state index in [0.717, 1.165) is 58.8 Å².